The number of aliphatic hydroxyl groups is 3. The average Bonchev–Trinajstić information content (AvgIpc) is 4.03. The predicted molar refractivity (Wildman–Crippen MR) is 210 cm³/mol. The van der Waals surface area contributed by atoms with E-state index >= 15 is 0 Å². The molecule has 0 bridgehead atoms. The number of hydrogen-bond donors (Lipinski definition) is 9. The first kappa shape index (κ1) is 39.5. The SMILES string of the molecule is NS(=O)(=O)c1cccc(NC(=O)N[C@@H]2CCN(c3nc(NCC(c4ccc(O)cc4)c4ccc(O)cc4)c4ncn([C@@H]5O[C@H](c6cc(CO)no6)[C@@H](O)[C@@H]5O)c4n3)C2)c1. The van der Waals surface area contributed by atoms with E-state index in [4.69, 9.17) is 24.4 Å². The molecule has 0 aliphatic carbocycles. The molecule has 308 valence electrons. The van der Waals surface area contributed by atoms with Gasteiger partial charge in [0.05, 0.1) is 17.8 Å². The van der Waals surface area contributed by atoms with Crippen molar-refractivity contribution < 1.29 is 48.0 Å². The smallest absolute Gasteiger partial charge is 0.319 e. The summed E-state index contributed by atoms with van der Waals surface area (Å²) in [5.74, 6) is 0.598. The van der Waals surface area contributed by atoms with Crippen molar-refractivity contribution >= 4 is 44.7 Å². The number of urea groups is 1. The van der Waals surface area contributed by atoms with Crippen LogP contribution >= 0.6 is 0 Å². The van der Waals surface area contributed by atoms with Crippen molar-refractivity contribution in [2.24, 2.45) is 5.14 Å². The summed E-state index contributed by atoms with van der Waals surface area (Å²) in [5.41, 5.74) is 2.74. The minimum Gasteiger partial charge on any atom is -0.508 e. The molecule has 8 rings (SSSR count). The second kappa shape index (κ2) is 16.1. The molecular weight excluding hydrogens is 789 g/mol. The van der Waals surface area contributed by atoms with Crippen molar-refractivity contribution in [3.05, 3.63) is 108 Å². The van der Waals surface area contributed by atoms with Gasteiger partial charge in [-0.15, -0.1) is 0 Å². The lowest BCUT2D eigenvalue weighted by Gasteiger charge is -2.22. The van der Waals surface area contributed by atoms with Gasteiger partial charge in [0.25, 0.3) is 0 Å². The van der Waals surface area contributed by atoms with Crippen molar-refractivity contribution in [2.45, 2.75) is 54.4 Å². The first-order chi connectivity index (χ1) is 28.3. The van der Waals surface area contributed by atoms with Crippen LogP contribution in [0.15, 0.2) is 94.6 Å². The highest BCUT2D eigenvalue weighted by Gasteiger charge is 2.47. The van der Waals surface area contributed by atoms with Gasteiger partial charge >= 0.3 is 6.03 Å². The minimum atomic E-state index is -3.98. The zero-order valence-electron chi connectivity index (χ0n) is 31.0. The van der Waals surface area contributed by atoms with E-state index in [1.807, 2.05) is 4.90 Å². The summed E-state index contributed by atoms with van der Waals surface area (Å²) in [6.45, 7) is 0.589. The molecule has 59 heavy (non-hydrogen) atoms. The number of imidazole rings is 1. The number of nitrogens with one attached hydrogen (secondary N) is 3. The molecule has 0 spiro atoms. The Balaban J connectivity index is 1.09. The summed E-state index contributed by atoms with van der Waals surface area (Å²) in [5, 5.41) is 69.7. The first-order valence-electron chi connectivity index (χ1n) is 18.4. The molecule has 10 N–H and O–H groups in total. The number of primary sulfonamides is 1. The lowest BCUT2D eigenvalue weighted by Crippen LogP contribution is -2.40. The van der Waals surface area contributed by atoms with Gasteiger partial charge in [-0.1, -0.05) is 35.5 Å². The van der Waals surface area contributed by atoms with Crippen molar-refractivity contribution in [3.63, 3.8) is 0 Å². The number of nitrogens with two attached hydrogens (primary N) is 1. The third-order valence-electron chi connectivity index (χ3n) is 10.2. The largest absolute Gasteiger partial charge is 0.508 e. The normalized spacial score (nSPS) is 20.7. The molecule has 21 heteroatoms. The maximum absolute atomic E-state index is 13.0. The number of phenolic OH excluding ortho intramolecular Hbond substituents is 2. The van der Waals surface area contributed by atoms with Crippen molar-refractivity contribution in [2.75, 3.05) is 35.2 Å². The van der Waals surface area contributed by atoms with Gasteiger partial charge in [0, 0.05) is 43.3 Å². The number of carbonyl (C=O) groups excluding carboxylic acids is 1. The molecule has 0 saturated carbocycles. The Morgan fingerprint density at radius 1 is 0.966 bits per heavy atom. The molecule has 5 heterocycles. The molecule has 5 atom stereocenters. The van der Waals surface area contributed by atoms with Crippen LogP contribution in [0.1, 0.15) is 47.3 Å². The number of amides is 2. The number of ether oxygens (including phenoxy) is 1. The van der Waals surface area contributed by atoms with Crippen LogP contribution in [-0.2, 0) is 21.4 Å². The van der Waals surface area contributed by atoms with E-state index in [2.05, 4.69) is 26.1 Å². The fourth-order valence-corrected chi connectivity index (χ4v) is 7.78. The molecule has 2 amide bonds. The van der Waals surface area contributed by atoms with Gasteiger partial charge in [-0.25, -0.2) is 23.3 Å². The Hall–Kier alpha value is -6.36. The maximum atomic E-state index is 13.0. The first-order valence-corrected chi connectivity index (χ1v) is 20.0. The fraction of sp³-hybridized carbons (Fsp3) is 0.289. The number of benzene rings is 3. The monoisotopic (exact) mass is 828 g/mol. The fourth-order valence-electron chi connectivity index (χ4n) is 7.22. The quantitative estimate of drug-likeness (QED) is 0.0852. The van der Waals surface area contributed by atoms with Gasteiger partial charge in [-0.3, -0.25) is 4.57 Å². The third-order valence-corrected chi connectivity index (χ3v) is 11.1. The molecule has 2 aliphatic rings. The number of sulfonamides is 1. The van der Waals surface area contributed by atoms with Gasteiger partial charge < -0.3 is 55.6 Å². The lowest BCUT2D eigenvalue weighted by atomic mass is 9.91. The zero-order valence-corrected chi connectivity index (χ0v) is 31.8. The van der Waals surface area contributed by atoms with Crippen molar-refractivity contribution in [3.8, 4) is 11.5 Å². The van der Waals surface area contributed by atoms with Gasteiger partial charge in [0.2, 0.25) is 16.0 Å². The molecule has 3 aromatic carbocycles. The van der Waals surface area contributed by atoms with Gasteiger partial charge in [-0.05, 0) is 60.0 Å². The molecule has 6 aromatic rings. The lowest BCUT2D eigenvalue weighted by molar-refractivity contribution is -0.0434. The predicted octanol–water partition coefficient (Wildman–Crippen LogP) is 2.00. The number of aromatic hydroxyl groups is 2. The van der Waals surface area contributed by atoms with Crippen molar-refractivity contribution in [1.82, 2.24) is 30.0 Å². The number of rotatable bonds is 12. The van der Waals surface area contributed by atoms with E-state index < -0.39 is 47.2 Å². The van der Waals surface area contributed by atoms with Gasteiger partial charge in [0.15, 0.2) is 29.0 Å². The Bertz CT molecular complexity index is 2520. The Kier molecular flexibility index (Phi) is 10.8. The summed E-state index contributed by atoms with van der Waals surface area (Å²) >= 11 is 0. The maximum Gasteiger partial charge on any atom is 0.319 e. The molecule has 2 aliphatic heterocycles. The number of phenols is 2. The number of aliphatic hydroxyl groups excluding tert-OH is 3. The molecular formula is C38H40N10O10S. The molecule has 3 aromatic heterocycles. The highest BCUT2D eigenvalue weighted by atomic mass is 32.2. The number of hydrogen-bond acceptors (Lipinski definition) is 16. The third kappa shape index (κ3) is 8.32. The van der Waals surface area contributed by atoms with E-state index in [0.717, 1.165) is 11.1 Å². The molecule has 2 saturated heterocycles. The number of fused-ring (bicyclic) bond motifs is 1. The van der Waals surface area contributed by atoms with E-state index in [1.165, 1.54) is 41.2 Å². The van der Waals surface area contributed by atoms with Crippen LogP contribution < -0.4 is 26.0 Å². The van der Waals surface area contributed by atoms with Gasteiger partial charge in [-0.2, -0.15) is 9.97 Å². The van der Waals surface area contributed by atoms with Crippen LogP contribution in [0.2, 0.25) is 0 Å². The Morgan fingerprint density at radius 3 is 2.34 bits per heavy atom. The van der Waals surface area contributed by atoms with Crippen LogP contribution in [0.4, 0.5) is 22.2 Å². The highest BCUT2D eigenvalue weighted by molar-refractivity contribution is 7.89. The van der Waals surface area contributed by atoms with Crippen LogP contribution in [0.5, 0.6) is 11.5 Å². The summed E-state index contributed by atoms with van der Waals surface area (Å²) in [6.07, 6.45) is -3.31. The van der Waals surface area contributed by atoms with Gasteiger partial charge in [0.1, 0.15) is 35.5 Å². The molecule has 2 fully saturated rings. The topological polar surface area (TPSA) is 297 Å². The van der Waals surface area contributed by atoms with E-state index in [9.17, 15) is 38.7 Å². The second-order valence-electron chi connectivity index (χ2n) is 14.2. The zero-order chi connectivity index (χ0) is 41.4. The van der Waals surface area contributed by atoms with Crippen LogP contribution in [0, 0.1) is 0 Å². The summed E-state index contributed by atoms with van der Waals surface area (Å²) in [7, 11) is -3.98. The molecule has 20 nitrogen and oxygen atoms in total. The van der Waals surface area contributed by atoms with Crippen molar-refractivity contribution in [1.29, 1.82) is 0 Å². The minimum absolute atomic E-state index is 0.104. The number of nitrogens with zero attached hydrogens (tertiary/aromatic N) is 6. The number of carbonyl (C=O) groups is 1. The number of aromatic nitrogens is 5. The summed E-state index contributed by atoms with van der Waals surface area (Å²) in [6, 6.07) is 19.6. The summed E-state index contributed by atoms with van der Waals surface area (Å²) < 4.78 is 36.5. The number of anilines is 3. The average molecular weight is 829 g/mol. The Labute approximate surface area is 336 Å². The Morgan fingerprint density at radius 2 is 1.68 bits per heavy atom. The van der Waals surface area contributed by atoms with E-state index in [0.29, 0.717) is 24.3 Å². The molecule has 0 unspecified atom stereocenters. The standard InChI is InChI=1S/C38H40N10O10S/c39-59(55,56)27-3-1-2-22(14-27)42-38(54)43-23-12-13-47(17-23)37-44-34(40-16-28(20-4-8-25(50)9-5-20)21-6-10-26(51)11-7-21)30-35(45-37)48(19-41-30)36-32(53)31(52)33(57-36)29-15-24(18-49)46-58-29/h1-11,14-15,19,23,28,31-33,36,49-53H,12-13,16-18H2,(H2,39,55,56)(H,40,44,45)(H2,42,43,54)/t23-,31+,32+,33-,36-/m1/s1. The van der Waals surface area contributed by atoms with Crippen LogP contribution in [0.25, 0.3) is 11.2 Å². The van der Waals surface area contributed by atoms with E-state index in [1.54, 1.807) is 48.5 Å². The summed E-state index contributed by atoms with van der Waals surface area (Å²) in [4.78, 5) is 29.1. The van der Waals surface area contributed by atoms with Crippen LogP contribution in [0.3, 0.4) is 0 Å². The van der Waals surface area contributed by atoms with Crippen LogP contribution in [-0.4, -0.2) is 103 Å². The second-order valence-corrected chi connectivity index (χ2v) is 15.8. The highest BCUT2D eigenvalue weighted by Crippen LogP contribution is 2.41. The molecule has 0 radical (unpaired) electrons. The van der Waals surface area contributed by atoms with E-state index in [-0.39, 0.29) is 70.2 Å².